The lowest BCUT2D eigenvalue weighted by molar-refractivity contribution is -0.137. The van der Waals surface area contributed by atoms with Gasteiger partial charge in [0.25, 0.3) is 5.56 Å². The van der Waals surface area contributed by atoms with Gasteiger partial charge in [-0.25, -0.2) is 9.59 Å². The minimum absolute atomic E-state index is 0.0396. The number of methoxy groups -OCH3 is 1. The Balaban J connectivity index is 2.18. The zero-order valence-corrected chi connectivity index (χ0v) is 16.1. The Hall–Kier alpha value is -3.65. The van der Waals surface area contributed by atoms with Crippen molar-refractivity contribution in [3.8, 4) is 11.1 Å². The Morgan fingerprint density at radius 2 is 2.00 bits per heavy atom. The molecule has 2 heterocycles. The van der Waals surface area contributed by atoms with Crippen LogP contribution in [0, 0.1) is 11.3 Å². The van der Waals surface area contributed by atoms with Crippen molar-refractivity contribution in [1.29, 1.82) is 5.26 Å². The molecule has 0 saturated heterocycles. The van der Waals surface area contributed by atoms with Gasteiger partial charge in [-0.05, 0) is 29.1 Å². The highest BCUT2D eigenvalue weighted by molar-refractivity contribution is 7.13. The van der Waals surface area contributed by atoms with E-state index in [0.717, 1.165) is 47.4 Å². The van der Waals surface area contributed by atoms with Gasteiger partial charge < -0.3 is 4.74 Å². The predicted molar refractivity (Wildman–Crippen MR) is 101 cm³/mol. The van der Waals surface area contributed by atoms with Crippen molar-refractivity contribution < 1.29 is 22.7 Å². The molecule has 0 saturated carbocycles. The lowest BCUT2D eigenvalue weighted by atomic mass is 10.1. The number of thiophene rings is 1. The normalized spacial score (nSPS) is 11.2. The quantitative estimate of drug-likeness (QED) is 0.588. The van der Waals surface area contributed by atoms with Crippen LogP contribution >= 0.6 is 11.3 Å². The minimum Gasteiger partial charge on any atom is -0.465 e. The van der Waals surface area contributed by atoms with Crippen LogP contribution in [0.4, 0.5) is 13.2 Å². The summed E-state index contributed by atoms with van der Waals surface area (Å²) in [7, 11) is 1.15. The number of nitrogens with zero attached hydrogens (tertiary/aromatic N) is 3. The number of carbonyl (C=O) groups is 1. The molecular weight excluding hydrogens is 423 g/mol. The van der Waals surface area contributed by atoms with Gasteiger partial charge >= 0.3 is 17.8 Å². The van der Waals surface area contributed by atoms with Crippen LogP contribution in [-0.2, 0) is 17.5 Å². The maximum absolute atomic E-state index is 13.0. The molecule has 0 N–H and O–H groups in total. The van der Waals surface area contributed by atoms with E-state index in [4.69, 9.17) is 0 Å². The molecule has 11 heteroatoms. The number of ether oxygens (including phenoxy) is 1. The molecule has 2 aromatic heterocycles. The van der Waals surface area contributed by atoms with Crippen LogP contribution in [-0.4, -0.2) is 22.2 Å². The van der Waals surface area contributed by atoms with Crippen molar-refractivity contribution in [3.05, 3.63) is 85.0 Å². The Morgan fingerprint density at radius 1 is 1.27 bits per heavy atom. The summed E-state index contributed by atoms with van der Waals surface area (Å²) in [5.41, 5.74) is -3.12. The first-order valence-electron chi connectivity index (χ1n) is 8.26. The van der Waals surface area contributed by atoms with Crippen molar-refractivity contribution in [3.63, 3.8) is 0 Å². The molecule has 0 fully saturated rings. The molecule has 3 rings (SSSR count). The highest BCUT2D eigenvalue weighted by Crippen LogP contribution is 2.29. The van der Waals surface area contributed by atoms with Gasteiger partial charge in [0.2, 0.25) is 0 Å². The van der Waals surface area contributed by atoms with E-state index in [9.17, 15) is 32.8 Å². The van der Waals surface area contributed by atoms with Crippen molar-refractivity contribution in [2.75, 3.05) is 7.11 Å². The third-order valence-corrected chi connectivity index (χ3v) is 5.07. The largest absolute Gasteiger partial charge is 0.465 e. The summed E-state index contributed by atoms with van der Waals surface area (Å²) in [6.45, 7) is -0.490. The summed E-state index contributed by atoms with van der Waals surface area (Å²) < 4.78 is 45.1. The molecule has 7 nitrogen and oxygen atoms in total. The van der Waals surface area contributed by atoms with Crippen LogP contribution in [0.2, 0.25) is 0 Å². The third-order valence-electron chi connectivity index (χ3n) is 4.16. The third kappa shape index (κ3) is 3.90. The fourth-order valence-electron chi connectivity index (χ4n) is 2.75. The first-order valence-corrected chi connectivity index (χ1v) is 9.14. The van der Waals surface area contributed by atoms with Gasteiger partial charge in [-0.3, -0.25) is 13.9 Å². The Labute approximate surface area is 170 Å². The zero-order chi connectivity index (χ0) is 22.1. The topological polar surface area (TPSA) is 94.1 Å². The molecule has 0 unspecified atom stereocenters. The van der Waals surface area contributed by atoms with E-state index in [0.29, 0.717) is 4.57 Å². The number of benzene rings is 1. The average Bonchev–Trinajstić information content (AvgIpc) is 3.20. The van der Waals surface area contributed by atoms with Gasteiger partial charge in [-0.1, -0.05) is 12.1 Å². The zero-order valence-electron chi connectivity index (χ0n) is 15.3. The van der Waals surface area contributed by atoms with Crippen LogP contribution in [0.25, 0.3) is 5.00 Å². The number of hydrogen-bond donors (Lipinski definition) is 0. The number of esters is 1. The highest BCUT2D eigenvalue weighted by Gasteiger charge is 2.30. The second kappa shape index (κ2) is 8.00. The molecule has 0 aliphatic heterocycles. The molecule has 0 bridgehead atoms. The Bertz CT molecular complexity index is 1280. The fraction of sp³-hybridized carbons (Fsp3) is 0.158. The monoisotopic (exact) mass is 435 g/mol. The van der Waals surface area contributed by atoms with Gasteiger partial charge in [0, 0.05) is 6.20 Å². The van der Waals surface area contributed by atoms with Crippen molar-refractivity contribution >= 4 is 17.3 Å². The second-order valence-corrected chi connectivity index (χ2v) is 6.92. The van der Waals surface area contributed by atoms with E-state index in [-0.39, 0.29) is 16.1 Å². The van der Waals surface area contributed by atoms with E-state index in [1.807, 2.05) is 0 Å². The Morgan fingerprint density at radius 3 is 2.63 bits per heavy atom. The average molecular weight is 435 g/mol. The summed E-state index contributed by atoms with van der Waals surface area (Å²) in [4.78, 5) is 37.4. The Kier molecular flexibility index (Phi) is 5.62. The summed E-state index contributed by atoms with van der Waals surface area (Å²) >= 11 is 0.995. The van der Waals surface area contributed by atoms with Crippen LogP contribution < -0.4 is 11.2 Å². The lowest BCUT2D eigenvalue weighted by Gasteiger charge is -2.12. The molecule has 0 spiro atoms. The maximum Gasteiger partial charge on any atom is 0.416 e. The van der Waals surface area contributed by atoms with E-state index in [1.54, 1.807) is 6.07 Å². The number of halogens is 3. The molecule has 154 valence electrons. The van der Waals surface area contributed by atoms with E-state index >= 15 is 0 Å². The number of carbonyl (C=O) groups excluding carboxylic acids is 1. The molecule has 3 aromatic rings. The molecule has 0 aliphatic rings. The molecular formula is C19H12F3N3O4S. The molecule has 0 amide bonds. The number of rotatable bonds is 4. The van der Waals surface area contributed by atoms with Crippen molar-refractivity contribution in [1.82, 2.24) is 9.13 Å². The maximum atomic E-state index is 13.0. The lowest BCUT2D eigenvalue weighted by Crippen LogP contribution is -2.40. The summed E-state index contributed by atoms with van der Waals surface area (Å²) in [5.74, 6) is -0.729. The van der Waals surface area contributed by atoms with Crippen molar-refractivity contribution in [2.24, 2.45) is 0 Å². The van der Waals surface area contributed by atoms with Gasteiger partial charge in [0.15, 0.2) is 0 Å². The number of hydrogen-bond acceptors (Lipinski definition) is 6. The van der Waals surface area contributed by atoms with E-state index in [1.165, 1.54) is 17.5 Å². The van der Waals surface area contributed by atoms with Crippen LogP contribution in [0.1, 0.15) is 27.0 Å². The summed E-state index contributed by atoms with van der Waals surface area (Å²) in [6.07, 6.45) is -3.60. The standard InChI is InChI=1S/C19H12F3N3O4S/c1-29-17(27)14-5-6-30-16(14)25-10-12(8-23)15(26)24(18(25)28)9-11-3-2-4-13(7-11)19(20,21)22/h2-7,10H,9H2,1H3. The van der Waals surface area contributed by atoms with Gasteiger partial charge in [0.05, 0.1) is 24.8 Å². The number of aromatic nitrogens is 2. The first kappa shape index (κ1) is 21.1. The molecule has 1 aromatic carbocycles. The summed E-state index contributed by atoms with van der Waals surface area (Å²) in [5, 5.41) is 10.9. The number of nitriles is 1. The number of alkyl halides is 3. The van der Waals surface area contributed by atoms with Gasteiger partial charge in [-0.15, -0.1) is 11.3 Å². The molecule has 0 aliphatic carbocycles. The second-order valence-electron chi connectivity index (χ2n) is 6.03. The van der Waals surface area contributed by atoms with Crippen LogP contribution in [0.5, 0.6) is 0 Å². The minimum atomic E-state index is -4.60. The van der Waals surface area contributed by atoms with Gasteiger partial charge in [-0.2, -0.15) is 18.4 Å². The summed E-state index contributed by atoms with van der Waals surface area (Å²) in [6, 6.07) is 7.25. The van der Waals surface area contributed by atoms with Crippen LogP contribution in [0.15, 0.2) is 51.5 Å². The SMILES string of the molecule is COC(=O)c1ccsc1-n1cc(C#N)c(=O)n(Cc2cccc(C(F)(F)F)c2)c1=O. The van der Waals surface area contributed by atoms with Crippen LogP contribution in [0.3, 0.4) is 0 Å². The molecule has 0 radical (unpaired) electrons. The van der Waals surface area contributed by atoms with E-state index < -0.39 is 41.1 Å². The van der Waals surface area contributed by atoms with E-state index in [2.05, 4.69) is 4.74 Å². The smallest absolute Gasteiger partial charge is 0.416 e. The molecule has 0 atom stereocenters. The molecule has 30 heavy (non-hydrogen) atoms. The first-order chi connectivity index (χ1) is 14.2. The highest BCUT2D eigenvalue weighted by atomic mass is 32.1. The van der Waals surface area contributed by atoms with Crippen molar-refractivity contribution in [2.45, 2.75) is 12.7 Å². The fourth-order valence-corrected chi connectivity index (χ4v) is 3.60. The van der Waals surface area contributed by atoms with Gasteiger partial charge in [0.1, 0.15) is 16.6 Å². The predicted octanol–water partition coefficient (Wildman–Crippen LogP) is 2.79.